The summed E-state index contributed by atoms with van der Waals surface area (Å²) in [6, 6.07) is 10.0. The van der Waals surface area contributed by atoms with Crippen LogP contribution in [0.4, 0.5) is 5.82 Å². The summed E-state index contributed by atoms with van der Waals surface area (Å²) in [6.07, 6.45) is 7.91. The van der Waals surface area contributed by atoms with Crippen LogP contribution in [0.15, 0.2) is 51.2 Å². The summed E-state index contributed by atoms with van der Waals surface area (Å²) >= 11 is 0. The third-order valence-corrected chi connectivity index (χ3v) is 8.65. The molecule has 0 bridgehead atoms. The van der Waals surface area contributed by atoms with Gasteiger partial charge in [-0.3, -0.25) is 9.98 Å². The molecule has 2 aliphatic rings. The zero-order valence-electron chi connectivity index (χ0n) is 21.3. The lowest BCUT2D eigenvalue weighted by atomic mass is 9.92. The number of sulfonamides is 1. The van der Waals surface area contributed by atoms with Gasteiger partial charge in [0.2, 0.25) is 15.9 Å². The van der Waals surface area contributed by atoms with E-state index in [2.05, 4.69) is 25.1 Å². The summed E-state index contributed by atoms with van der Waals surface area (Å²) in [6.45, 7) is 0. The molecule has 0 saturated heterocycles. The molecule has 206 valence electrons. The van der Waals surface area contributed by atoms with Gasteiger partial charge in [-0.25, -0.2) is 22.9 Å². The van der Waals surface area contributed by atoms with Gasteiger partial charge in [-0.15, -0.1) is 0 Å². The lowest BCUT2D eigenvalue weighted by Gasteiger charge is -2.29. The van der Waals surface area contributed by atoms with Crippen molar-refractivity contribution < 1.29 is 13.5 Å². The molecule has 0 spiro atoms. The number of H-pyrrole nitrogens is 2. The van der Waals surface area contributed by atoms with E-state index in [4.69, 9.17) is 9.98 Å². The van der Waals surface area contributed by atoms with Crippen LogP contribution in [0.5, 0.6) is 5.88 Å². The van der Waals surface area contributed by atoms with E-state index in [1.54, 1.807) is 28.9 Å². The average Bonchev–Trinajstić information content (AvgIpc) is 3.57. The van der Waals surface area contributed by atoms with E-state index >= 15 is 0 Å². The summed E-state index contributed by atoms with van der Waals surface area (Å²) in [4.78, 5) is 25.9. The van der Waals surface area contributed by atoms with E-state index < -0.39 is 15.7 Å². The van der Waals surface area contributed by atoms with Crippen molar-refractivity contribution in [1.29, 1.82) is 5.26 Å². The van der Waals surface area contributed by atoms with Crippen LogP contribution in [-0.2, 0) is 10.0 Å². The largest absolute Gasteiger partial charge is 0.493 e. The Kier molecular flexibility index (Phi) is 6.60. The molecule has 5 N–H and O–H groups in total. The number of aromatic nitrogens is 5. The number of hydrogen-bond acceptors (Lipinski definition) is 9. The van der Waals surface area contributed by atoms with Crippen LogP contribution in [0.2, 0.25) is 0 Å². The summed E-state index contributed by atoms with van der Waals surface area (Å²) in [5, 5.41) is 27.8. The Bertz CT molecular complexity index is 1910. The second-order valence-electron chi connectivity index (χ2n) is 10.1. The summed E-state index contributed by atoms with van der Waals surface area (Å²) in [5.74, 6) is 0.339. The van der Waals surface area contributed by atoms with Crippen LogP contribution in [0.3, 0.4) is 0 Å². The fourth-order valence-electron chi connectivity index (χ4n) is 4.91. The zero-order valence-corrected chi connectivity index (χ0v) is 22.1. The number of rotatable bonds is 7. The van der Waals surface area contributed by atoms with Gasteiger partial charge < -0.3 is 15.4 Å². The van der Waals surface area contributed by atoms with E-state index in [0.717, 1.165) is 12.8 Å². The number of nitriles is 1. The topological polar surface area (TPSA) is 193 Å². The molecule has 0 atom stereocenters. The Labute approximate surface area is 228 Å². The normalized spacial score (nSPS) is 20.6. The molecule has 3 heterocycles. The molecule has 2 aliphatic carbocycles. The van der Waals surface area contributed by atoms with Crippen LogP contribution in [0.1, 0.15) is 49.8 Å². The molecule has 0 unspecified atom stereocenters. The van der Waals surface area contributed by atoms with Crippen molar-refractivity contribution in [1.82, 2.24) is 29.3 Å². The van der Waals surface area contributed by atoms with Crippen molar-refractivity contribution >= 4 is 27.6 Å². The van der Waals surface area contributed by atoms with Crippen molar-refractivity contribution in [3.05, 3.63) is 69.0 Å². The van der Waals surface area contributed by atoms with Crippen LogP contribution < -0.4 is 26.4 Å². The van der Waals surface area contributed by atoms with E-state index in [1.807, 2.05) is 12.1 Å². The maximum Gasteiger partial charge on any atom is 0.326 e. The molecule has 2 saturated carbocycles. The highest BCUT2D eigenvalue weighted by atomic mass is 32.2. The zero-order chi connectivity index (χ0) is 27.9. The number of nitrogens with one attached hydrogen (secondary N) is 4. The van der Waals surface area contributed by atoms with Gasteiger partial charge in [0, 0.05) is 23.4 Å². The minimum absolute atomic E-state index is 0.00681. The van der Waals surface area contributed by atoms with E-state index in [-0.39, 0.29) is 40.2 Å². The second-order valence-corrected chi connectivity index (χ2v) is 11.8. The van der Waals surface area contributed by atoms with Gasteiger partial charge >= 0.3 is 5.69 Å². The fourth-order valence-corrected chi connectivity index (χ4v) is 6.37. The highest BCUT2D eigenvalue weighted by Gasteiger charge is 2.27. The van der Waals surface area contributed by atoms with Gasteiger partial charge in [-0.1, -0.05) is 12.1 Å². The average molecular weight is 562 g/mol. The third kappa shape index (κ3) is 5.33. The standard InChI is InChI=1S/C26H27N9O4S/c27-13-15-3-1-2-4-21(15)40(38,39)34-19-9-7-17(8-10-19)29-22-12-23(30-18-5-6-18)35-24(32-22)16(14-28-35)11-20-25(36)33-26(37)31-20/h1-4,11-12,14,17-19,29,34,36H,5-10H2,(H2,31,33,37). The molecule has 2 fully saturated rings. The first-order valence-corrected chi connectivity index (χ1v) is 14.5. The van der Waals surface area contributed by atoms with Crippen molar-refractivity contribution in [2.75, 3.05) is 5.32 Å². The van der Waals surface area contributed by atoms with E-state index in [1.165, 1.54) is 12.1 Å². The van der Waals surface area contributed by atoms with Crippen LogP contribution in [-0.4, -0.2) is 56.2 Å². The minimum atomic E-state index is -3.81. The Hall–Kier alpha value is -4.48. The summed E-state index contributed by atoms with van der Waals surface area (Å²) in [5.41, 5.74) is 0.988. The number of hydrogen-bond donors (Lipinski definition) is 5. The fraction of sp³-hybridized carbons (Fsp3) is 0.346. The number of aromatic amines is 2. The first kappa shape index (κ1) is 25.8. The van der Waals surface area contributed by atoms with Crippen molar-refractivity contribution in [2.24, 2.45) is 4.99 Å². The molecule has 6 rings (SSSR count). The molecule has 0 amide bonds. The molecule has 0 radical (unpaired) electrons. The molecule has 40 heavy (non-hydrogen) atoms. The lowest BCUT2D eigenvalue weighted by Crippen LogP contribution is -2.40. The van der Waals surface area contributed by atoms with E-state index in [9.17, 15) is 23.6 Å². The first-order chi connectivity index (χ1) is 19.3. The predicted octanol–water partition coefficient (Wildman–Crippen LogP) is 0.635. The first-order valence-electron chi connectivity index (χ1n) is 13.0. The lowest BCUT2D eigenvalue weighted by molar-refractivity contribution is 0.387. The van der Waals surface area contributed by atoms with Gasteiger partial charge in [0.15, 0.2) is 11.1 Å². The van der Waals surface area contributed by atoms with Crippen LogP contribution in [0, 0.1) is 11.3 Å². The highest BCUT2D eigenvalue weighted by Crippen LogP contribution is 2.25. The Morgan fingerprint density at radius 2 is 1.88 bits per heavy atom. The Balaban J connectivity index is 1.21. The maximum absolute atomic E-state index is 12.9. The number of imidazole rings is 1. The van der Waals surface area contributed by atoms with Gasteiger partial charge in [0.25, 0.3) is 0 Å². The number of anilines is 1. The smallest absolute Gasteiger partial charge is 0.326 e. The summed E-state index contributed by atoms with van der Waals surface area (Å²) < 4.78 is 30.2. The number of fused-ring (bicyclic) bond motifs is 1. The van der Waals surface area contributed by atoms with Crippen molar-refractivity contribution in [3.63, 3.8) is 0 Å². The van der Waals surface area contributed by atoms with Gasteiger partial charge in [-0.2, -0.15) is 14.9 Å². The molecular formula is C26H27N9O4S. The van der Waals surface area contributed by atoms with E-state index in [0.29, 0.717) is 47.9 Å². The maximum atomic E-state index is 12.9. The molecule has 3 aromatic heterocycles. The minimum Gasteiger partial charge on any atom is -0.493 e. The second kappa shape index (κ2) is 10.2. The molecule has 4 aromatic rings. The summed E-state index contributed by atoms with van der Waals surface area (Å²) in [7, 11) is -3.81. The highest BCUT2D eigenvalue weighted by molar-refractivity contribution is 7.89. The molecule has 13 nitrogen and oxygen atoms in total. The van der Waals surface area contributed by atoms with Gasteiger partial charge in [0.1, 0.15) is 17.6 Å². The number of nitrogens with zero attached hydrogens (tertiary/aromatic N) is 5. The third-order valence-electron chi connectivity index (χ3n) is 7.08. The SMILES string of the molecule is N#Cc1ccccc1S(=O)(=O)NC1CCC(Nc2cc(=NC3CC3)n3ncc(=Cc4[nH]c(=O)[nH]c4O)c3n2)CC1. The van der Waals surface area contributed by atoms with Crippen LogP contribution >= 0.6 is 0 Å². The molecular weight excluding hydrogens is 534 g/mol. The van der Waals surface area contributed by atoms with Crippen LogP contribution in [0.25, 0.3) is 11.7 Å². The monoisotopic (exact) mass is 561 g/mol. The predicted molar refractivity (Wildman–Crippen MR) is 145 cm³/mol. The van der Waals surface area contributed by atoms with Crippen molar-refractivity contribution in [3.8, 4) is 11.9 Å². The van der Waals surface area contributed by atoms with Gasteiger partial charge in [0.05, 0.1) is 22.7 Å². The van der Waals surface area contributed by atoms with Gasteiger partial charge in [-0.05, 0) is 56.7 Å². The molecule has 1 aromatic carbocycles. The van der Waals surface area contributed by atoms with Crippen molar-refractivity contribution in [2.45, 2.75) is 61.5 Å². The number of aromatic hydroxyl groups is 1. The molecule has 14 heteroatoms. The quantitative estimate of drug-likeness (QED) is 0.217. The Morgan fingerprint density at radius 3 is 2.58 bits per heavy atom. The number of benzene rings is 1. The molecule has 0 aliphatic heterocycles. The Morgan fingerprint density at radius 1 is 1.12 bits per heavy atom.